The van der Waals surface area contributed by atoms with Crippen molar-refractivity contribution in [1.82, 2.24) is 0 Å². The first-order chi connectivity index (χ1) is 10.1. The van der Waals surface area contributed by atoms with Gasteiger partial charge in [-0.15, -0.1) is 0 Å². The van der Waals surface area contributed by atoms with E-state index < -0.39 is 0 Å². The number of esters is 1. The van der Waals surface area contributed by atoms with Crippen molar-refractivity contribution >= 4 is 21.9 Å². The van der Waals surface area contributed by atoms with Crippen LogP contribution in [0.15, 0.2) is 46.9 Å². The summed E-state index contributed by atoms with van der Waals surface area (Å²) in [4.78, 5) is 11.5. The summed E-state index contributed by atoms with van der Waals surface area (Å²) in [6.07, 6.45) is 0. The van der Waals surface area contributed by atoms with Gasteiger partial charge in [0.1, 0.15) is 17.6 Å². The Hall–Kier alpha value is -2.32. The zero-order valence-electron chi connectivity index (χ0n) is 11.3. The van der Waals surface area contributed by atoms with Gasteiger partial charge in [-0.05, 0) is 49.4 Å². The average Bonchev–Trinajstić information content (AvgIpc) is 2.48. The smallest absolute Gasteiger partial charge is 0.338 e. The lowest BCUT2D eigenvalue weighted by Crippen LogP contribution is -2.04. The zero-order valence-corrected chi connectivity index (χ0v) is 12.9. The largest absolute Gasteiger partial charge is 0.462 e. The lowest BCUT2D eigenvalue weighted by molar-refractivity contribution is 0.0526. The summed E-state index contributed by atoms with van der Waals surface area (Å²) in [7, 11) is 0. The summed E-state index contributed by atoms with van der Waals surface area (Å²) in [5.74, 6) is 0.623. The highest BCUT2D eigenvalue weighted by Gasteiger charge is 2.08. The van der Waals surface area contributed by atoms with E-state index in [1.807, 2.05) is 0 Å². The predicted molar refractivity (Wildman–Crippen MR) is 81.3 cm³/mol. The van der Waals surface area contributed by atoms with Crippen molar-refractivity contribution < 1.29 is 14.3 Å². The molecule has 5 heteroatoms. The van der Waals surface area contributed by atoms with Crippen LogP contribution in [0.3, 0.4) is 0 Å². The van der Waals surface area contributed by atoms with E-state index in [1.165, 1.54) is 0 Å². The number of halogens is 1. The van der Waals surface area contributed by atoms with E-state index in [4.69, 9.17) is 14.7 Å². The molecule has 0 radical (unpaired) electrons. The number of carbonyl (C=O) groups excluding carboxylic acids is 1. The Morgan fingerprint density at radius 2 is 1.95 bits per heavy atom. The molecule has 0 bridgehead atoms. The molecule has 0 aromatic heterocycles. The molecule has 106 valence electrons. The van der Waals surface area contributed by atoms with Crippen molar-refractivity contribution in [2.24, 2.45) is 0 Å². The Labute approximate surface area is 131 Å². The standard InChI is InChI=1S/C16H12BrNO3/c1-2-20-16(19)11-4-7-14(8-5-11)21-15-9-13(17)6-3-12(15)10-18/h3-9H,2H2,1H3. The number of nitriles is 1. The first kappa shape index (κ1) is 15.1. The maximum Gasteiger partial charge on any atom is 0.338 e. The molecule has 0 atom stereocenters. The van der Waals surface area contributed by atoms with E-state index in [0.29, 0.717) is 29.2 Å². The highest BCUT2D eigenvalue weighted by atomic mass is 79.9. The molecule has 0 unspecified atom stereocenters. The number of rotatable bonds is 4. The normalized spacial score (nSPS) is 9.76. The summed E-state index contributed by atoms with van der Waals surface area (Å²) in [6, 6.07) is 13.8. The highest BCUT2D eigenvalue weighted by Crippen LogP contribution is 2.28. The maximum absolute atomic E-state index is 11.5. The summed E-state index contributed by atoms with van der Waals surface area (Å²) >= 11 is 3.34. The van der Waals surface area contributed by atoms with E-state index in [-0.39, 0.29) is 5.97 Å². The molecule has 0 saturated carbocycles. The van der Waals surface area contributed by atoms with Gasteiger partial charge in [0, 0.05) is 4.47 Å². The Morgan fingerprint density at radius 3 is 2.57 bits per heavy atom. The minimum Gasteiger partial charge on any atom is -0.462 e. The molecule has 0 saturated heterocycles. The van der Waals surface area contributed by atoms with Gasteiger partial charge in [-0.3, -0.25) is 0 Å². The Morgan fingerprint density at radius 1 is 1.24 bits per heavy atom. The van der Waals surface area contributed by atoms with Gasteiger partial charge in [0.15, 0.2) is 0 Å². The van der Waals surface area contributed by atoms with Crippen LogP contribution in [0.1, 0.15) is 22.8 Å². The maximum atomic E-state index is 11.5. The molecule has 21 heavy (non-hydrogen) atoms. The van der Waals surface area contributed by atoms with Gasteiger partial charge in [-0.2, -0.15) is 5.26 Å². The molecule has 0 amide bonds. The van der Waals surface area contributed by atoms with Crippen molar-refractivity contribution in [2.45, 2.75) is 6.92 Å². The number of nitrogens with zero attached hydrogens (tertiary/aromatic N) is 1. The van der Waals surface area contributed by atoms with Gasteiger partial charge in [-0.1, -0.05) is 15.9 Å². The Bertz CT molecular complexity index is 690. The molecule has 0 spiro atoms. The van der Waals surface area contributed by atoms with Crippen molar-refractivity contribution in [1.29, 1.82) is 5.26 Å². The number of hydrogen-bond donors (Lipinski definition) is 0. The molecule has 0 aliphatic rings. The van der Waals surface area contributed by atoms with Gasteiger partial charge in [-0.25, -0.2) is 4.79 Å². The fourth-order valence-corrected chi connectivity index (χ4v) is 2.01. The van der Waals surface area contributed by atoms with Crippen LogP contribution in [0.4, 0.5) is 0 Å². The number of hydrogen-bond acceptors (Lipinski definition) is 4. The second-order valence-electron chi connectivity index (χ2n) is 4.10. The summed E-state index contributed by atoms with van der Waals surface area (Å²) < 4.78 is 11.4. The second-order valence-corrected chi connectivity index (χ2v) is 5.01. The van der Waals surface area contributed by atoms with Crippen LogP contribution in [0.25, 0.3) is 0 Å². The molecule has 0 aliphatic heterocycles. The van der Waals surface area contributed by atoms with E-state index in [1.54, 1.807) is 49.4 Å². The van der Waals surface area contributed by atoms with Crippen molar-refractivity contribution in [2.75, 3.05) is 6.61 Å². The molecule has 0 fully saturated rings. The first-order valence-electron chi connectivity index (χ1n) is 6.28. The molecule has 2 aromatic carbocycles. The lowest BCUT2D eigenvalue weighted by atomic mass is 10.2. The van der Waals surface area contributed by atoms with Gasteiger partial charge in [0.05, 0.1) is 17.7 Å². The quantitative estimate of drug-likeness (QED) is 0.775. The van der Waals surface area contributed by atoms with Gasteiger partial charge >= 0.3 is 5.97 Å². The lowest BCUT2D eigenvalue weighted by Gasteiger charge is -2.08. The van der Waals surface area contributed by atoms with Gasteiger partial charge < -0.3 is 9.47 Å². The number of carbonyl (C=O) groups is 1. The number of benzene rings is 2. The molecule has 0 heterocycles. The zero-order chi connectivity index (χ0) is 15.2. The average molecular weight is 346 g/mol. The highest BCUT2D eigenvalue weighted by molar-refractivity contribution is 9.10. The third kappa shape index (κ3) is 3.83. The van der Waals surface area contributed by atoms with Crippen LogP contribution in [0.2, 0.25) is 0 Å². The van der Waals surface area contributed by atoms with Gasteiger partial charge in [0.25, 0.3) is 0 Å². The molecule has 2 aromatic rings. The Kier molecular flexibility index (Phi) is 4.96. The first-order valence-corrected chi connectivity index (χ1v) is 7.08. The van der Waals surface area contributed by atoms with Crippen LogP contribution in [0, 0.1) is 11.3 Å². The van der Waals surface area contributed by atoms with Crippen LogP contribution in [0.5, 0.6) is 11.5 Å². The Balaban J connectivity index is 2.19. The second kappa shape index (κ2) is 6.91. The van der Waals surface area contributed by atoms with Crippen molar-refractivity contribution in [3.05, 3.63) is 58.1 Å². The fraction of sp³-hybridized carbons (Fsp3) is 0.125. The van der Waals surface area contributed by atoms with Crippen LogP contribution >= 0.6 is 15.9 Å². The summed E-state index contributed by atoms with van der Waals surface area (Å²) in [6.45, 7) is 2.09. The SMILES string of the molecule is CCOC(=O)c1ccc(Oc2cc(Br)ccc2C#N)cc1. The monoisotopic (exact) mass is 345 g/mol. The minimum absolute atomic E-state index is 0.334. The molecule has 2 rings (SSSR count). The van der Waals surface area contributed by atoms with E-state index in [2.05, 4.69) is 22.0 Å². The molecule has 0 N–H and O–H groups in total. The van der Waals surface area contributed by atoms with Crippen LogP contribution < -0.4 is 4.74 Å². The van der Waals surface area contributed by atoms with E-state index in [9.17, 15) is 4.79 Å². The summed E-state index contributed by atoms with van der Waals surface area (Å²) in [5.41, 5.74) is 0.895. The molecular formula is C16H12BrNO3. The predicted octanol–water partition coefficient (Wildman–Crippen LogP) is 4.29. The van der Waals surface area contributed by atoms with E-state index >= 15 is 0 Å². The van der Waals surface area contributed by atoms with Crippen LogP contribution in [-0.2, 0) is 4.74 Å². The third-order valence-corrected chi connectivity index (χ3v) is 3.15. The number of ether oxygens (including phenoxy) is 2. The van der Waals surface area contributed by atoms with Crippen molar-refractivity contribution in [3.63, 3.8) is 0 Å². The fourth-order valence-electron chi connectivity index (χ4n) is 1.67. The molecule has 4 nitrogen and oxygen atoms in total. The topological polar surface area (TPSA) is 59.3 Å². The summed E-state index contributed by atoms with van der Waals surface area (Å²) in [5, 5.41) is 9.06. The third-order valence-electron chi connectivity index (χ3n) is 2.66. The van der Waals surface area contributed by atoms with E-state index in [0.717, 1.165) is 4.47 Å². The van der Waals surface area contributed by atoms with Crippen molar-refractivity contribution in [3.8, 4) is 17.6 Å². The molecular weight excluding hydrogens is 334 g/mol. The van der Waals surface area contributed by atoms with Gasteiger partial charge in [0.2, 0.25) is 0 Å². The molecule has 0 aliphatic carbocycles. The minimum atomic E-state index is -0.371. The van der Waals surface area contributed by atoms with Crippen LogP contribution in [-0.4, -0.2) is 12.6 Å².